The number of hydrogen-bond acceptors (Lipinski definition) is 5. The lowest BCUT2D eigenvalue weighted by atomic mass is 10.4. The van der Waals surface area contributed by atoms with Crippen molar-refractivity contribution in [3.05, 3.63) is 30.3 Å². The van der Waals surface area contributed by atoms with Crippen molar-refractivity contribution in [3.8, 4) is 0 Å². The summed E-state index contributed by atoms with van der Waals surface area (Å²) in [4.78, 5) is 9.07. The van der Waals surface area contributed by atoms with E-state index in [0.717, 1.165) is 0 Å². The highest BCUT2D eigenvalue weighted by molar-refractivity contribution is 7.89. The summed E-state index contributed by atoms with van der Waals surface area (Å²) in [5, 5.41) is 16.2. The van der Waals surface area contributed by atoms with Crippen molar-refractivity contribution in [3.63, 3.8) is 0 Å². The summed E-state index contributed by atoms with van der Waals surface area (Å²) < 4.78 is 57.2. The Labute approximate surface area is 124 Å². The Morgan fingerprint density at radius 1 is 1.27 bits per heavy atom. The molecule has 0 aliphatic rings. The van der Waals surface area contributed by atoms with Gasteiger partial charge in [-0.2, -0.15) is 13.2 Å². The molecule has 1 aromatic carbocycles. The molecule has 0 spiro atoms. The van der Waals surface area contributed by atoms with E-state index in [9.17, 15) is 21.6 Å². The molecular weight excluding hydrogens is 329 g/mol. The summed E-state index contributed by atoms with van der Waals surface area (Å²) in [5.41, 5.74) is 5.16. The number of benzene rings is 1. The van der Waals surface area contributed by atoms with Crippen molar-refractivity contribution in [2.24, 2.45) is 5.73 Å². The summed E-state index contributed by atoms with van der Waals surface area (Å²) in [5.74, 6) is -2.76. The number of nitrogens with two attached hydrogens (primary N) is 1. The lowest BCUT2D eigenvalue weighted by molar-refractivity contribution is -0.192. The topological polar surface area (TPSA) is 130 Å². The summed E-state index contributed by atoms with van der Waals surface area (Å²) in [7, 11) is -3.53. The SMILES string of the molecule is NCC(O)CNS(=O)(=O)c1ccccc1.O=C(O)C(F)(F)F. The molecule has 126 valence electrons. The molecule has 1 unspecified atom stereocenters. The molecule has 22 heavy (non-hydrogen) atoms. The van der Waals surface area contributed by atoms with Crippen LogP contribution in [0.3, 0.4) is 0 Å². The number of rotatable bonds is 5. The second kappa shape index (κ2) is 8.68. The Bertz CT molecular complexity index is 563. The van der Waals surface area contributed by atoms with Crippen molar-refractivity contribution in [2.75, 3.05) is 13.1 Å². The second-order valence-electron chi connectivity index (χ2n) is 3.86. The monoisotopic (exact) mass is 344 g/mol. The van der Waals surface area contributed by atoms with Gasteiger partial charge in [-0.05, 0) is 12.1 Å². The van der Waals surface area contributed by atoms with Crippen LogP contribution in [0.15, 0.2) is 35.2 Å². The van der Waals surface area contributed by atoms with Gasteiger partial charge in [-0.3, -0.25) is 0 Å². The lowest BCUT2D eigenvalue weighted by Crippen LogP contribution is -2.36. The molecule has 1 atom stereocenters. The van der Waals surface area contributed by atoms with Crippen molar-refractivity contribution in [2.45, 2.75) is 17.2 Å². The predicted molar refractivity (Wildman–Crippen MR) is 70.4 cm³/mol. The van der Waals surface area contributed by atoms with Gasteiger partial charge in [0.25, 0.3) is 0 Å². The Morgan fingerprint density at radius 2 is 1.73 bits per heavy atom. The van der Waals surface area contributed by atoms with E-state index < -0.39 is 28.3 Å². The van der Waals surface area contributed by atoms with Crippen LogP contribution in [0.25, 0.3) is 0 Å². The maximum absolute atomic E-state index is 11.6. The molecule has 0 amide bonds. The Morgan fingerprint density at radius 3 is 2.09 bits per heavy atom. The van der Waals surface area contributed by atoms with E-state index in [1.165, 1.54) is 12.1 Å². The number of nitrogens with one attached hydrogen (secondary N) is 1. The molecule has 0 heterocycles. The first-order valence-electron chi connectivity index (χ1n) is 5.73. The minimum absolute atomic E-state index is 0.0251. The molecule has 0 fully saturated rings. The van der Waals surface area contributed by atoms with Crippen molar-refractivity contribution >= 4 is 16.0 Å². The van der Waals surface area contributed by atoms with Gasteiger partial charge in [0.05, 0.1) is 11.0 Å². The fraction of sp³-hybridized carbons (Fsp3) is 0.364. The number of hydrogen-bond donors (Lipinski definition) is 4. The van der Waals surface area contributed by atoms with Gasteiger partial charge >= 0.3 is 12.1 Å². The van der Waals surface area contributed by atoms with E-state index in [-0.39, 0.29) is 18.0 Å². The highest BCUT2D eigenvalue weighted by atomic mass is 32.2. The van der Waals surface area contributed by atoms with E-state index in [0.29, 0.717) is 0 Å². The molecule has 0 saturated heterocycles. The van der Waals surface area contributed by atoms with Crippen LogP contribution in [0.1, 0.15) is 0 Å². The molecule has 7 nitrogen and oxygen atoms in total. The average Bonchev–Trinajstić information content (AvgIpc) is 2.45. The van der Waals surface area contributed by atoms with E-state index in [1.54, 1.807) is 18.2 Å². The minimum atomic E-state index is -5.08. The normalized spacial score (nSPS) is 13.0. The van der Waals surface area contributed by atoms with E-state index >= 15 is 0 Å². The molecule has 0 aromatic heterocycles. The van der Waals surface area contributed by atoms with Gasteiger partial charge in [-0.25, -0.2) is 17.9 Å². The number of alkyl halides is 3. The quantitative estimate of drug-likeness (QED) is 0.591. The highest BCUT2D eigenvalue weighted by Gasteiger charge is 2.38. The first-order valence-corrected chi connectivity index (χ1v) is 7.22. The Kier molecular flexibility index (Phi) is 8.01. The zero-order valence-electron chi connectivity index (χ0n) is 11.1. The van der Waals surface area contributed by atoms with Crippen LogP contribution in [0.5, 0.6) is 0 Å². The van der Waals surface area contributed by atoms with E-state index in [4.69, 9.17) is 20.7 Å². The van der Waals surface area contributed by atoms with Gasteiger partial charge < -0.3 is 15.9 Å². The number of carbonyl (C=O) groups is 1. The Balaban J connectivity index is 0.000000534. The molecular formula is C11H15F3N2O5S. The number of aliphatic hydroxyl groups is 1. The summed E-state index contributed by atoms with van der Waals surface area (Å²) >= 11 is 0. The van der Waals surface area contributed by atoms with Gasteiger partial charge in [0.2, 0.25) is 10.0 Å². The molecule has 0 bridgehead atoms. The number of aliphatic carboxylic acids is 1. The maximum Gasteiger partial charge on any atom is 0.490 e. The third kappa shape index (κ3) is 7.93. The van der Waals surface area contributed by atoms with Crippen LogP contribution < -0.4 is 10.5 Å². The fourth-order valence-corrected chi connectivity index (χ4v) is 2.07. The molecule has 5 N–H and O–H groups in total. The largest absolute Gasteiger partial charge is 0.490 e. The summed E-state index contributed by atoms with van der Waals surface area (Å²) in [6.07, 6.45) is -5.94. The third-order valence-electron chi connectivity index (χ3n) is 2.08. The lowest BCUT2D eigenvalue weighted by Gasteiger charge is -2.09. The van der Waals surface area contributed by atoms with Crippen LogP contribution in [0.2, 0.25) is 0 Å². The zero-order valence-corrected chi connectivity index (χ0v) is 11.9. The highest BCUT2D eigenvalue weighted by Crippen LogP contribution is 2.13. The van der Waals surface area contributed by atoms with Gasteiger partial charge in [0.1, 0.15) is 0 Å². The van der Waals surface area contributed by atoms with E-state index in [2.05, 4.69) is 4.72 Å². The van der Waals surface area contributed by atoms with Crippen LogP contribution >= 0.6 is 0 Å². The smallest absolute Gasteiger partial charge is 0.475 e. The first kappa shape index (κ1) is 20.3. The van der Waals surface area contributed by atoms with Gasteiger partial charge in [-0.1, -0.05) is 18.2 Å². The standard InChI is InChI=1S/C9H14N2O3S.C2HF3O2/c10-6-8(12)7-11-15(13,14)9-4-2-1-3-5-9;3-2(4,5)1(6)7/h1-5,8,11-12H,6-7,10H2;(H,6,7). The third-order valence-corrected chi connectivity index (χ3v) is 3.52. The number of halogens is 3. The average molecular weight is 344 g/mol. The van der Waals surface area contributed by atoms with Crippen molar-refractivity contribution < 1.29 is 36.6 Å². The van der Waals surface area contributed by atoms with E-state index in [1.807, 2.05) is 0 Å². The fourth-order valence-electron chi connectivity index (χ4n) is 0.972. The summed E-state index contributed by atoms with van der Waals surface area (Å²) in [6, 6.07) is 7.96. The molecule has 0 aliphatic carbocycles. The first-order chi connectivity index (χ1) is 10.0. The molecule has 1 aromatic rings. The van der Waals surface area contributed by atoms with Crippen molar-refractivity contribution in [1.29, 1.82) is 0 Å². The van der Waals surface area contributed by atoms with Crippen LogP contribution in [-0.2, 0) is 14.8 Å². The van der Waals surface area contributed by atoms with Crippen molar-refractivity contribution in [1.82, 2.24) is 4.72 Å². The molecule has 0 radical (unpaired) electrons. The number of carboxylic acid groups (broad SMARTS) is 1. The van der Waals surface area contributed by atoms with Crippen LogP contribution in [-0.4, -0.2) is 50.0 Å². The molecule has 0 aliphatic heterocycles. The maximum atomic E-state index is 11.6. The number of sulfonamides is 1. The predicted octanol–water partition coefficient (Wildman–Crippen LogP) is -0.0822. The zero-order chi connectivity index (χ0) is 17.4. The minimum Gasteiger partial charge on any atom is -0.475 e. The van der Waals surface area contributed by atoms with Crippen LogP contribution in [0, 0.1) is 0 Å². The Hall–Kier alpha value is -1.69. The molecule has 0 saturated carbocycles. The molecule has 1 rings (SSSR count). The number of carboxylic acids is 1. The van der Waals surface area contributed by atoms with Gasteiger partial charge in [0, 0.05) is 13.1 Å². The number of aliphatic hydroxyl groups excluding tert-OH is 1. The van der Waals surface area contributed by atoms with Gasteiger partial charge in [-0.15, -0.1) is 0 Å². The molecule has 11 heteroatoms. The van der Waals surface area contributed by atoms with Crippen LogP contribution in [0.4, 0.5) is 13.2 Å². The van der Waals surface area contributed by atoms with Gasteiger partial charge in [0.15, 0.2) is 0 Å². The second-order valence-corrected chi connectivity index (χ2v) is 5.62. The summed E-state index contributed by atoms with van der Waals surface area (Å²) in [6.45, 7) is -0.0506.